The summed E-state index contributed by atoms with van der Waals surface area (Å²) in [6.45, 7) is 5.35. The van der Waals surface area contributed by atoms with Crippen molar-refractivity contribution in [2.24, 2.45) is 28.1 Å². The van der Waals surface area contributed by atoms with Gasteiger partial charge in [-0.2, -0.15) is 0 Å². The zero-order valence-corrected chi connectivity index (χ0v) is 14.8. The molecular weight excluding hydrogens is 304 g/mol. The van der Waals surface area contributed by atoms with Gasteiger partial charge in [-0.05, 0) is 63.7 Å². The second-order valence-electron chi connectivity index (χ2n) is 10.4. The van der Waals surface area contributed by atoms with Crippen LogP contribution in [0.15, 0.2) is 0 Å². The molecule has 2 saturated heterocycles. The van der Waals surface area contributed by atoms with Crippen LogP contribution in [0.1, 0.15) is 65.2 Å². The van der Waals surface area contributed by atoms with E-state index >= 15 is 0 Å². The summed E-state index contributed by atoms with van der Waals surface area (Å²) in [4.78, 5) is 12.2. The molecular formula is C20H28O4. The lowest BCUT2D eigenvalue weighted by Gasteiger charge is -2.62. The van der Waals surface area contributed by atoms with Gasteiger partial charge in [0.2, 0.25) is 0 Å². The molecule has 6 rings (SSSR count). The van der Waals surface area contributed by atoms with Crippen molar-refractivity contribution in [2.75, 3.05) is 6.61 Å². The van der Waals surface area contributed by atoms with E-state index in [0.29, 0.717) is 12.0 Å². The first-order valence-corrected chi connectivity index (χ1v) is 9.87. The minimum Gasteiger partial charge on any atom is -0.481 e. The van der Waals surface area contributed by atoms with Crippen LogP contribution in [-0.2, 0) is 14.3 Å². The molecule has 0 aromatic carbocycles. The topological polar surface area (TPSA) is 62.4 Å². The van der Waals surface area contributed by atoms with E-state index in [4.69, 9.17) is 9.47 Å². The fraction of sp³-hybridized carbons (Fsp3) is 0.950. The van der Waals surface area contributed by atoms with Crippen molar-refractivity contribution < 1.29 is 19.4 Å². The zero-order chi connectivity index (χ0) is 16.6. The number of hydrogen-bond acceptors (Lipinski definition) is 3. The lowest BCUT2D eigenvalue weighted by Crippen LogP contribution is -2.64. The lowest BCUT2D eigenvalue weighted by molar-refractivity contribution is -0.183. The molecule has 0 amide bonds. The van der Waals surface area contributed by atoms with Gasteiger partial charge >= 0.3 is 5.97 Å². The molecule has 1 N–H and O–H groups in total. The van der Waals surface area contributed by atoms with E-state index in [-0.39, 0.29) is 27.9 Å². The van der Waals surface area contributed by atoms with E-state index in [1.54, 1.807) is 0 Å². The standard InChI is InChI=1S/C20H28O4/c1-16(15(21)22)5-3-6-17(2)13(16)4-7-18-9-12(19(10-18)11-23-19)8-14-20(17,18)24-14/h12-14H,3-11H2,1-2H3,(H,21,22)/t12-,13-,14-,16-,17-,18+,19-,20+/m1/s1. The molecule has 6 aliphatic rings. The van der Waals surface area contributed by atoms with Gasteiger partial charge in [-0.3, -0.25) is 4.79 Å². The Bertz CT molecular complexity index is 656. The van der Waals surface area contributed by atoms with E-state index in [2.05, 4.69) is 6.92 Å². The van der Waals surface area contributed by atoms with Crippen molar-refractivity contribution in [3.63, 3.8) is 0 Å². The molecule has 24 heavy (non-hydrogen) atoms. The van der Waals surface area contributed by atoms with Crippen LogP contribution in [0.5, 0.6) is 0 Å². The Morgan fingerprint density at radius 1 is 1.21 bits per heavy atom. The van der Waals surface area contributed by atoms with Crippen LogP contribution in [0.2, 0.25) is 0 Å². The highest BCUT2D eigenvalue weighted by Crippen LogP contribution is 2.82. The van der Waals surface area contributed by atoms with E-state index < -0.39 is 11.4 Å². The van der Waals surface area contributed by atoms with E-state index in [1.165, 1.54) is 12.8 Å². The van der Waals surface area contributed by atoms with E-state index in [9.17, 15) is 9.90 Å². The second-order valence-corrected chi connectivity index (χ2v) is 10.4. The van der Waals surface area contributed by atoms with Gasteiger partial charge in [0.1, 0.15) is 5.60 Å². The number of carboxylic acid groups (broad SMARTS) is 1. The van der Waals surface area contributed by atoms with Crippen LogP contribution in [0, 0.1) is 28.1 Å². The average Bonchev–Trinajstić information content (AvgIpc) is 3.39. The number of fused-ring (bicyclic) bond motifs is 3. The maximum absolute atomic E-state index is 12.2. The fourth-order valence-corrected chi connectivity index (χ4v) is 8.70. The normalized spacial score (nSPS) is 65.7. The third-order valence-electron chi connectivity index (χ3n) is 9.72. The molecule has 2 aliphatic heterocycles. The van der Waals surface area contributed by atoms with Crippen molar-refractivity contribution in [1.29, 1.82) is 0 Å². The maximum atomic E-state index is 12.2. The molecule has 2 heterocycles. The summed E-state index contributed by atoms with van der Waals surface area (Å²) in [5, 5.41) is 10.0. The first-order valence-electron chi connectivity index (χ1n) is 9.87. The van der Waals surface area contributed by atoms with Crippen LogP contribution < -0.4 is 0 Å². The number of rotatable bonds is 1. The zero-order valence-electron chi connectivity index (χ0n) is 14.8. The SMILES string of the molecule is C[C@@]1(C(=O)O)CCC[C@]2(C)[C@@H]1CC[C@@]13C[C@@H](C[C@H]4O[C@]412)[C@]1(CO1)C3. The molecule has 132 valence electrons. The summed E-state index contributed by atoms with van der Waals surface area (Å²) in [5.41, 5.74) is -0.168. The molecule has 6 fully saturated rings. The van der Waals surface area contributed by atoms with Crippen LogP contribution in [-0.4, -0.2) is 35.0 Å². The number of carbonyl (C=O) groups is 1. The smallest absolute Gasteiger partial charge is 0.309 e. The third kappa shape index (κ3) is 1.25. The Kier molecular flexibility index (Phi) is 2.26. The van der Waals surface area contributed by atoms with Crippen LogP contribution >= 0.6 is 0 Å². The van der Waals surface area contributed by atoms with Gasteiger partial charge in [-0.1, -0.05) is 13.3 Å². The molecule has 2 bridgehead atoms. The summed E-state index contributed by atoms with van der Waals surface area (Å²) >= 11 is 0. The second kappa shape index (κ2) is 3.73. The molecule has 4 saturated carbocycles. The maximum Gasteiger partial charge on any atom is 0.309 e. The molecule has 4 heteroatoms. The summed E-state index contributed by atoms with van der Waals surface area (Å²) in [5.74, 6) is 0.345. The highest BCUT2D eigenvalue weighted by Gasteiger charge is 2.87. The first-order chi connectivity index (χ1) is 11.3. The summed E-state index contributed by atoms with van der Waals surface area (Å²) < 4.78 is 12.6. The van der Waals surface area contributed by atoms with Gasteiger partial charge in [0, 0.05) is 10.8 Å². The molecule has 8 atom stereocenters. The number of carboxylic acids is 1. The Morgan fingerprint density at radius 2 is 2.00 bits per heavy atom. The Morgan fingerprint density at radius 3 is 2.71 bits per heavy atom. The summed E-state index contributed by atoms with van der Waals surface area (Å²) in [6, 6.07) is 0. The number of hydrogen-bond donors (Lipinski definition) is 1. The van der Waals surface area contributed by atoms with Gasteiger partial charge in [-0.25, -0.2) is 0 Å². The van der Waals surface area contributed by atoms with Crippen LogP contribution in [0.4, 0.5) is 0 Å². The highest BCUT2D eigenvalue weighted by molar-refractivity contribution is 5.75. The van der Waals surface area contributed by atoms with E-state index in [1.807, 2.05) is 6.92 Å². The lowest BCUT2D eigenvalue weighted by atomic mass is 9.40. The number of epoxide rings is 2. The quantitative estimate of drug-likeness (QED) is 0.748. The van der Waals surface area contributed by atoms with Gasteiger partial charge in [0.15, 0.2) is 0 Å². The molecule has 3 spiro atoms. The predicted molar refractivity (Wildman–Crippen MR) is 86.5 cm³/mol. The summed E-state index contributed by atoms with van der Waals surface area (Å²) in [7, 11) is 0. The number of ether oxygens (including phenoxy) is 2. The molecule has 0 unspecified atom stereocenters. The van der Waals surface area contributed by atoms with Crippen molar-refractivity contribution >= 4 is 5.97 Å². The van der Waals surface area contributed by atoms with Gasteiger partial charge in [0.05, 0.1) is 23.7 Å². The van der Waals surface area contributed by atoms with Gasteiger partial charge in [0.25, 0.3) is 0 Å². The van der Waals surface area contributed by atoms with Gasteiger partial charge in [-0.15, -0.1) is 0 Å². The Hall–Kier alpha value is -0.610. The number of aliphatic carboxylic acids is 1. The van der Waals surface area contributed by atoms with E-state index in [0.717, 1.165) is 45.1 Å². The first kappa shape index (κ1) is 14.5. The average molecular weight is 332 g/mol. The van der Waals surface area contributed by atoms with Crippen molar-refractivity contribution in [2.45, 2.75) is 82.5 Å². The minimum absolute atomic E-state index is 0.0205. The van der Waals surface area contributed by atoms with Crippen molar-refractivity contribution in [3.05, 3.63) is 0 Å². The van der Waals surface area contributed by atoms with Crippen molar-refractivity contribution in [1.82, 2.24) is 0 Å². The molecule has 0 aromatic rings. The highest BCUT2D eigenvalue weighted by atomic mass is 16.6. The largest absolute Gasteiger partial charge is 0.481 e. The van der Waals surface area contributed by atoms with Crippen LogP contribution in [0.3, 0.4) is 0 Å². The van der Waals surface area contributed by atoms with Crippen LogP contribution in [0.25, 0.3) is 0 Å². The molecule has 0 radical (unpaired) electrons. The predicted octanol–water partition coefficient (Wildman–Crippen LogP) is 3.38. The van der Waals surface area contributed by atoms with Crippen molar-refractivity contribution in [3.8, 4) is 0 Å². The minimum atomic E-state index is -0.593. The molecule has 4 aliphatic carbocycles. The fourth-order valence-electron chi connectivity index (χ4n) is 8.70. The van der Waals surface area contributed by atoms with Gasteiger partial charge < -0.3 is 14.6 Å². The Balaban J connectivity index is 1.48. The summed E-state index contributed by atoms with van der Waals surface area (Å²) in [6.07, 6.45) is 9.13. The molecule has 0 aromatic heterocycles. The monoisotopic (exact) mass is 332 g/mol. The molecule has 4 nitrogen and oxygen atoms in total. The Labute approximate surface area is 143 Å². The third-order valence-corrected chi connectivity index (χ3v) is 9.72.